The summed E-state index contributed by atoms with van der Waals surface area (Å²) >= 11 is 0. The molecule has 0 radical (unpaired) electrons. The quantitative estimate of drug-likeness (QED) is 0.0539. The highest BCUT2D eigenvalue weighted by molar-refractivity contribution is 8.76. The van der Waals surface area contributed by atoms with Gasteiger partial charge in [0.15, 0.2) is 0 Å². The first kappa shape index (κ1) is 49.9. The minimum Gasteiger partial charge on any atom is -0.370 e. The van der Waals surface area contributed by atoms with Crippen LogP contribution in [0.5, 0.6) is 0 Å². The molecular formula is C39H66N6O7S3. The molecule has 1 unspecified atom stereocenters. The molecular weight excluding hydrogens is 761 g/mol. The van der Waals surface area contributed by atoms with Crippen LogP contribution in [0.4, 0.5) is 0 Å². The van der Waals surface area contributed by atoms with Crippen molar-refractivity contribution in [3.05, 3.63) is 47.5 Å². The molecule has 312 valence electrons. The maximum Gasteiger partial charge on any atom is 0.260 e. The van der Waals surface area contributed by atoms with Crippen molar-refractivity contribution < 1.29 is 32.4 Å². The third kappa shape index (κ3) is 18.2. The van der Waals surface area contributed by atoms with Crippen molar-refractivity contribution in [1.29, 1.82) is 0 Å². The number of sulfonamides is 1. The van der Waals surface area contributed by atoms with Gasteiger partial charge in [-0.3, -0.25) is 24.0 Å². The summed E-state index contributed by atoms with van der Waals surface area (Å²) in [4.78, 5) is 65.3. The second-order valence-corrected chi connectivity index (χ2v) is 20.3. The number of unbranched alkanes of at least 4 members (excludes halogenated alkanes) is 2. The van der Waals surface area contributed by atoms with Crippen LogP contribution < -0.4 is 26.4 Å². The van der Waals surface area contributed by atoms with E-state index in [1.165, 1.54) is 33.4 Å². The highest BCUT2D eigenvalue weighted by Gasteiger charge is 2.41. The number of nitrogens with one attached hydrogen (secondary N) is 4. The largest absolute Gasteiger partial charge is 0.370 e. The Balaban J connectivity index is 2.78. The number of nitrogens with two attached hydrogens (primary N) is 1. The van der Waals surface area contributed by atoms with E-state index >= 15 is 0 Å². The van der Waals surface area contributed by atoms with Crippen molar-refractivity contribution in [2.24, 2.45) is 17.1 Å². The van der Waals surface area contributed by atoms with E-state index in [9.17, 15) is 32.4 Å². The van der Waals surface area contributed by atoms with Crippen LogP contribution in [0.25, 0.3) is 0 Å². The Morgan fingerprint density at radius 1 is 0.891 bits per heavy atom. The highest BCUT2D eigenvalue weighted by Crippen LogP contribution is 2.29. The fraction of sp³-hybridized carbons (Fsp3) is 0.667. The van der Waals surface area contributed by atoms with Gasteiger partial charge < -0.3 is 26.6 Å². The van der Waals surface area contributed by atoms with Gasteiger partial charge >= 0.3 is 0 Å². The molecule has 0 aromatic heterocycles. The summed E-state index contributed by atoms with van der Waals surface area (Å²) in [7, 11) is 2.36. The molecule has 0 aliphatic heterocycles. The number of carbonyl (C=O) groups is 5. The zero-order valence-electron chi connectivity index (χ0n) is 34.5. The van der Waals surface area contributed by atoms with Gasteiger partial charge in [-0.2, -0.15) is 0 Å². The van der Waals surface area contributed by atoms with Gasteiger partial charge in [0.2, 0.25) is 33.7 Å². The van der Waals surface area contributed by atoms with Crippen LogP contribution in [0, 0.1) is 11.3 Å². The van der Waals surface area contributed by atoms with Gasteiger partial charge in [0.25, 0.3) is 5.91 Å². The Labute approximate surface area is 337 Å². The molecule has 0 aliphatic carbocycles. The molecule has 1 rings (SSSR count). The lowest BCUT2D eigenvalue weighted by Crippen LogP contribution is -2.61. The normalized spacial score (nSPS) is 14.1. The van der Waals surface area contributed by atoms with Crippen LogP contribution in [0.2, 0.25) is 0 Å². The highest BCUT2D eigenvalue weighted by atomic mass is 33.1. The van der Waals surface area contributed by atoms with E-state index in [0.29, 0.717) is 43.7 Å². The van der Waals surface area contributed by atoms with Gasteiger partial charge in [0.1, 0.15) is 6.04 Å². The zero-order valence-corrected chi connectivity index (χ0v) is 36.9. The fourth-order valence-corrected chi connectivity index (χ4v) is 9.24. The summed E-state index contributed by atoms with van der Waals surface area (Å²) in [5.74, 6) is -1.12. The van der Waals surface area contributed by atoms with Crippen molar-refractivity contribution in [1.82, 2.24) is 25.6 Å². The molecule has 1 aromatic rings. The summed E-state index contributed by atoms with van der Waals surface area (Å²) in [6.45, 7) is 15.4. The number of amides is 5. The van der Waals surface area contributed by atoms with Gasteiger partial charge in [-0.25, -0.2) is 13.1 Å². The monoisotopic (exact) mass is 826 g/mol. The van der Waals surface area contributed by atoms with E-state index < -0.39 is 44.9 Å². The first-order valence-electron chi connectivity index (χ1n) is 18.9. The summed E-state index contributed by atoms with van der Waals surface area (Å²) in [5.41, 5.74) is 4.97. The Kier molecular flexibility index (Phi) is 21.7. The standard InChI is InChI=1S/C39H66N6O7S3/c1-27(2)30(45(10)37(50)34(38(4,5)6)43-36(49)33(41-9)39(7,8)29-18-13-11-14-19-29)26-28(3)35(48)44-55(51,52)25-17-23-53-54-24-21-32(47)42-22-16-12-15-20-31(40)46/h11,13-14,18-19,26-27,30,33-34,41H,12,15-17,20-25H2,1-10H3,(H2,40,46)(H,42,47)(H,43,49)(H,44,48)/b28-26+/t30-,33-,34?/m1/s1. The Bertz CT molecular complexity index is 1550. The fourth-order valence-electron chi connectivity index (χ4n) is 5.91. The number of benzene rings is 1. The molecule has 5 amide bonds. The Morgan fingerprint density at radius 3 is 2.07 bits per heavy atom. The van der Waals surface area contributed by atoms with Crippen molar-refractivity contribution in [3.8, 4) is 0 Å². The topological polar surface area (TPSA) is 197 Å². The third-order valence-corrected chi connectivity index (χ3v) is 13.1. The van der Waals surface area contributed by atoms with E-state index in [2.05, 4.69) is 20.7 Å². The van der Waals surface area contributed by atoms with E-state index in [4.69, 9.17) is 5.73 Å². The molecule has 55 heavy (non-hydrogen) atoms. The molecule has 16 heteroatoms. The average molecular weight is 827 g/mol. The van der Waals surface area contributed by atoms with Crippen molar-refractivity contribution in [2.45, 2.75) is 117 Å². The lowest BCUT2D eigenvalue weighted by molar-refractivity contribution is -0.141. The van der Waals surface area contributed by atoms with Gasteiger partial charge in [-0.1, -0.05) is 113 Å². The van der Waals surface area contributed by atoms with Crippen molar-refractivity contribution in [2.75, 3.05) is 37.9 Å². The number of primary amides is 1. The molecule has 0 heterocycles. The predicted octanol–water partition coefficient (Wildman–Crippen LogP) is 4.28. The summed E-state index contributed by atoms with van der Waals surface area (Å²) < 4.78 is 27.7. The zero-order chi connectivity index (χ0) is 42.0. The summed E-state index contributed by atoms with van der Waals surface area (Å²) in [6.07, 6.45) is 4.90. The first-order valence-corrected chi connectivity index (χ1v) is 23.0. The molecule has 0 fully saturated rings. The minimum atomic E-state index is -3.92. The van der Waals surface area contributed by atoms with Crippen LogP contribution in [0.3, 0.4) is 0 Å². The van der Waals surface area contributed by atoms with Gasteiger partial charge in [0.05, 0.1) is 17.8 Å². The third-order valence-electron chi connectivity index (χ3n) is 9.25. The number of likely N-dealkylation sites (N-methyl/N-ethyl adjacent to an activating group) is 2. The van der Waals surface area contributed by atoms with Crippen LogP contribution in [-0.4, -0.2) is 98.9 Å². The number of rotatable bonds is 25. The van der Waals surface area contributed by atoms with Gasteiger partial charge in [0, 0.05) is 48.9 Å². The van der Waals surface area contributed by atoms with Crippen molar-refractivity contribution in [3.63, 3.8) is 0 Å². The molecule has 0 bridgehead atoms. The number of hydrogen-bond acceptors (Lipinski definition) is 10. The molecule has 0 saturated heterocycles. The molecule has 3 atom stereocenters. The van der Waals surface area contributed by atoms with E-state index in [1.54, 1.807) is 20.2 Å². The van der Waals surface area contributed by atoms with E-state index in [-0.39, 0.29) is 40.9 Å². The minimum absolute atomic E-state index is 0.0610. The van der Waals surface area contributed by atoms with Gasteiger partial charge in [-0.05, 0) is 50.1 Å². The average Bonchev–Trinajstić information content (AvgIpc) is 3.09. The number of carbonyl (C=O) groups excluding carboxylic acids is 5. The SMILES string of the molecule is CN[C@H](C(=O)NC(C(=O)N(C)[C@H](/C=C(\C)C(=O)NS(=O)(=O)CCCSSCCC(=O)NCCCCCC(N)=O)C(C)C)C(C)(C)C)C(C)(C)c1ccccc1. The van der Waals surface area contributed by atoms with Crippen molar-refractivity contribution >= 4 is 61.1 Å². The number of nitrogens with zero attached hydrogens (tertiary/aromatic N) is 1. The number of hydrogen-bond donors (Lipinski definition) is 5. The molecule has 1 aromatic carbocycles. The molecule has 0 aliphatic rings. The predicted molar refractivity (Wildman–Crippen MR) is 226 cm³/mol. The van der Waals surface area contributed by atoms with E-state index in [0.717, 1.165) is 18.4 Å². The van der Waals surface area contributed by atoms with Gasteiger partial charge in [-0.15, -0.1) is 0 Å². The van der Waals surface area contributed by atoms with Crippen LogP contribution in [-0.2, 0) is 39.4 Å². The first-order chi connectivity index (χ1) is 25.5. The second kappa shape index (κ2) is 23.9. The van der Waals surface area contributed by atoms with Crippen LogP contribution in [0.1, 0.15) is 99.5 Å². The molecule has 0 spiro atoms. The second-order valence-electron chi connectivity index (χ2n) is 15.8. The molecule has 13 nitrogen and oxygen atoms in total. The van der Waals surface area contributed by atoms with Crippen LogP contribution >= 0.6 is 21.6 Å². The summed E-state index contributed by atoms with van der Waals surface area (Å²) in [6, 6.07) is 7.57. The van der Waals surface area contributed by atoms with Crippen LogP contribution in [0.15, 0.2) is 42.0 Å². The Morgan fingerprint density at radius 2 is 1.51 bits per heavy atom. The molecule has 0 saturated carbocycles. The lowest BCUT2D eigenvalue weighted by Gasteiger charge is -2.40. The maximum absolute atomic E-state index is 14.1. The smallest absolute Gasteiger partial charge is 0.260 e. The van der Waals surface area contributed by atoms with E-state index in [1.807, 2.05) is 78.8 Å². The maximum atomic E-state index is 14.1. The molecule has 6 N–H and O–H groups in total. The lowest BCUT2D eigenvalue weighted by atomic mass is 9.76. The summed E-state index contributed by atoms with van der Waals surface area (Å²) in [5, 5.41) is 9.00. The Hall–Kier alpha value is -3.08.